The molecule has 1 fully saturated rings. The van der Waals surface area contributed by atoms with E-state index in [1.54, 1.807) is 11.3 Å². The number of hydrogen-bond donors (Lipinski definition) is 1. The summed E-state index contributed by atoms with van der Waals surface area (Å²) in [6.07, 6.45) is 1.49. The van der Waals surface area contributed by atoms with Crippen LogP contribution >= 0.6 is 46.1 Å². The van der Waals surface area contributed by atoms with Crippen molar-refractivity contribution < 1.29 is 4.79 Å². The van der Waals surface area contributed by atoms with E-state index in [9.17, 15) is 4.79 Å². The van der Waals surface area contributed by atoms with Gasteiger partial charge in [-0.3, -0.25) is 9.69 Å². The average molecular weight is 482 g/mol. The Morgan fingerprint density at radius 2 is 2.00 bits per heavy atom. The number of thiophene rings is 1. The maximum absolute atomic E-state index is 12.5. The lowest BCUT2D eigenvalue weighted by Crippen LogP contribution is -2.31. The fourth-order valence-electron chi connectivity index (χ4n) is 4.06. The maximum atomic E-state index is 12.5. The highest BCUT2D eigenvalue weighted by atomic mass is 35.5. The van der Waals surface area contributed by atoms with Crippen LogP contribution in [0.4, 0.5) is 0 Å². The van der Waals surface area contributed by atoms with E-state index in [-0.39, 0.29) is 5.91 Å². The Bertz CT molecular complexity index is 1080. The zero-order valence-corrected chi connectivity index (χ0v) is 19.8. The molecule has 2 aromatic carbocycles. The van der Waals surface area contributed by atoms with Crippen LogP contribution in [0.5, 0.6) is 0 Å². The minimum atomic E-state index is 0.0729. The van der Waals surface area contributed by atoms with Gasteiger partial charge < -0.3 is 5.32 Å². The molecule has 1 aliphatic rings. The lowest BCUT2D eigenvalue weighted by Gasteiger charge is -2.17. The second-order valence-electron chi connectivity index (χ2n) is 7.88. The molecular formula is C23H23Cl3N2OS. The summed E-state index contributed by atoms with van der Waals surface area (Å²) in [6, 6.07) is 11.7. The van der Waals surface area contributed by atoms with Crippen molar-refractivity contribution in [3.8, 4) is 0 Å². The number of carbonyl (C=O) groups excluding carboxylic acids is 1. The fraction of sp³-hybridized carbons (Fsp3) is 0.348. The normalized spacial score (nSPS) is 17.0. The first kappa shape index (κ1) is 21.9. The minimum Gasteiger partial charge on any atom is -0.355 e. The number of rotatable bonds is 6. The van der Waals surface area contributed by atoms with Crippen molar-refractivity contribution in [1.82, 2.24) is 10.2 Å². The lowest BCUT2D eigenvalue weighted by molar-refractivity contribution is -0.120. The Hall–Kier alpha value is -1.30. The van der Waals surface area contributed by atoms with Crippen LogP contribution in [0.3, 0.4) is 0 Å². The molecule has 158 valence electrons. The second kappa shape index (κ2) is 9.46. The van der Waals surface area contributed by atoms with Gasteiger partial charge in [-0.25, -0.2) is 0 Å². The highest BCUT2D eigenvalue weighted by Gasteiger charge is 2.23. The molecule has 1 atom stereocenters. The number of fused-ring (bicyclic) bond motifs is 1. The Labute approximate surface area is 195 Å². The van der Waals surface area contributed by atoms with E-state index in [2.05, 4.69) is 16.3 Å². The molecule has 0 radical (unpaired) electrons. The van der Waals surface area contributed by atoms with Gasteiger partial charge in [-0.05, 0) is 61.2 Å². The van der Waals surface area contributed by atoms with Crippen molar-refractivity contribution in [3.05, 3.63) is 67.5 Å². The summed E-state index contributed by atoms with van der Waals surface area (Å²) in [5.41, 5.74) is 2.28. The van der Waals surface area contributed by atoms with Crippen LogP contribution in [0.25, 0.3) is 10.1 Å². The van der Waals surface area contributed by atoms with Crippen molar-refractivity contribution in [1.29, 1.82) is 0 Å². The largest absolute Gasteiger partial charge is 0.355 e. The van der Waals surface area contributed by atoms with Gasteiger partial charge in [0.15, 0.2) is 0 Å². The van der Waals surface area contributed by atoms with Gasteiger partial charge >= 0.3 is 0 Å². The molecule has 30 heavy (non-hydrogen) atoms. The van der Waals surface area contributed by atoms with Gasteiger partial charge in [-0.15, -0.1) is 11.3 Å². The highest BCUT2D eigenvalue weighted by molar-refractivity contribution is 7.19. The predicted octanol–water partition coefficient (Wildman–Crippen LogP) is 6.35. The molecular weight excluding hydrogens is 459 g/mol. The zero-order chi connectivity index (χ0) is 21.3. The second-order valence-corrected chi connectivity index (χ2v) is 10.2. The van der Waals surface area contributed by atoms with Crippen LogP contribution in [0.2, 0.25) is 15.1 Å². The van der Waals surface area contributed by atoms with Crippen LogP contribution in [0.1, 0.15) is 22.4 Å². The Kier molecular flexibility index (Phi) is 6.91. The van der Waals surface area contributed by atoms with Crippen LogP contribution in [-0.4, -0.2) is 30.4 Å². The molecule has 3 aromatic rings. The molecule has 0 saturated carbocycles. The monoisotopic (exact) mass is 480 g/mol. The number of amides is 1. The highest BCUT2D eigenvalue weighted by Crippen LogP contribution is 2.35. The van der Waals surface area contributed by atoms with Gasteiger partial charge in [0.1, 0.15) is 0 Å². The third-order valence-corrected chi connectivity index (χ3v) is 7.98. The van der Waals surface area contributed by atoms with E-state index >= 15 is 0 Å². The number of likely N-dealkylation sites (tertiary alicyclic amines) is 1. The first-order chi connectivity index (χ1) is 14.4. The lowest BCUT2D eigenvalue weighted by atomic mass is 10.1. The molecule has 1 N–H and O–H groups in total. The number of benzene rings is 2. The third kappa shape index (κ3) is 4.95. The molecule has 3 nitrogen and oxygen atoms in total. The van der Waals surface area contributed by atoms with Crippen molar-refractivity contribution in [2.75, 3.05) is 19.6 Å². The predicted molar refractivity (Wildman–Crippen MR) is 128 cm³/mol. The van der Waals surface area contributed by atoms with E-state index in [1.165, 1.54) is 0 Å². The van der Waals surface area contributed by atoms with Crippen LogP contribution in [0, 0.1) is 12.8 Å². The van der Waals surface area contributed by atoms with Crippen LogP contribution in [-0.2, 0) is 17.8 Å². The summed E-state index contributed by atoms with van der Waals surface area (Å²) in [4.78, 5) is 16.0. The van der Waals surface area contributed by atoms with E-state index in [0.717, 1.165) is 57.2 Å². The van der Waals surface area contributed by atoms with E-state index in [4.69, 9.17) is 34.8 Å². The van der Waals surface area contributed by atoms with Gasteiger partial charge in [0, 0.05) is 39.6 Å². The maximum Gasteiger partial charge on any atom is 0.225 e. The quantitative estimate of drug-likeness (QED) is 0.445. The standard InChI is InChI=1S/C23H23Cl3N2OS/c1-14-21(30-20-4-2-3-18(25)23(14)20)10-22(29)27-11-16-7-8-28(13-16)12-15-5-6-17(24)19(26)9-15/h2-6,9,16H,7-8,10-13H2,1H3,(H,27,29). The third-order valence-electron chi connectivity index (χ3n) is 5.67. The topological polar surface area (TPSA) is 32.3 Å². The number of nitrogens with one attached hydrogen (secondary N) is 1. The van der Waals surface area contributed by atoms with Crippen LogP contribution < -0.4 is 5.32 Å². The zero-order valence-electron chi connectivity index (χ0n) is 16.7. The first-order valence-corrected chi connectivity index (χ1v) is 11.9. The SMILES string of the molecule is Cc1c(CC(=O)NCC2CCN(Cc3ccc(Cl)c(Cl)c3)C2)sc2cccc(Cl)c12. The molecule has 1 aromatic heterocycles. The summed E-state index contributed by atoms with van der Waals surface area (Å²) in [6.45, 7) is 5.60. The molecule has 1 aliphatic heterocycles. The van der Waals surface area contributed by atoms with E-state index in [0.29, 0.717) is 28.9 Å². The number of aryl methyl sites for hydroxylation is 1. The van der Waals surface area contributed by atoms with Gasteiger partial charge in [-0.1, -0.05) is 46.9 Å². The Morgan fingerprint density at radius 3 is 2.77 bits per heavy atom. The summed E-state index contributed by atoms with van der Waals surface area (Å²) in [7, 11) is 0. The molecule has 1 saturated heterocycles. The van der Waals surface area contributed by atoms with Crippen molar-refractivity contribution in [2.24, 2.45) is 5.92 Å². The average Bonchev–Trinajstić information content (AvgIpc) is 3.28. The molecule has 2 heterocycles. The van der Waals surface area contributed by atoms with Gasteiger partial charge in [0.2, 0.25) is 5.91 Å². The smallest absolute Gasteiger partial charge is 0.225 e. The van der Waals surface area contributed by atoms with Crippen molar-refractivity contribution in [2.45, 2.75) is 26.3 Å². The van der Waals surface area contributed by atoms with Crippen LogP contribution in [0.15, 0.2) is 36.4 Å². The molecule has 1 unspecified atom stereocenters. The Balaban J connectivity index is 1.28. The molecule has 1 amide bonds. The van der Waals surface area contributed by atoms with E-state index in [1.807, 2.05) is 37.3 Å². The van der Waals surface area contributed by atoms with Crippen molar-refractivity contribution >= 4 is 62.1 Å². The molecule has 4 rings (SSSR count). The molecule has 7 heteroatoms. The number of carbonyl (C=O) groups is 1. The van der Waals surface area contributed by atoms with Gasteiger partial charge in [-0.2, -0.15) is 0 Å². The van der Waals surface area contributed by atoms with Gasteiger partial charge in [0.05, 0.1) is 16.5 Å². The molecule has 0 bridgehead atoms. The first-order valence-electron chi connectivity index (χ1n) is 10.00. The molecule has 0 spiro atoms. The van der Waals surface area contributed by atoms with Crippen molar-refractivity contribution in [3.63, 3.8) is 0 Å². The molecule has 0 aliphatic carbocycles. The number of hydrogen-bond acceptors (Lipinski definition) is 3. The Morgan fingerprint density at radius 1 is 1.17 bits per heavy atom. The summed E-state index contributed by atoms with van der Waals surface area (Å²) >= 11 is 20.1. The number of halogens is 3. The number of nitrogens with zero attached hydrogens (tertiary/aromatic N) is 1. The fourth-order valence-corrected chi connectivity index (χ4v) is 5.99. The van der Waals surface area contributed by atoms with E-state index < -0.39 is 0 Å². The summed E-state index contributed by atoms with van der Waals surface area (Å²) < 4.78 is 1.14. The summed E-state index contributed by atoms with van der Waals surface area (Å²) in [5, 5.41) is 6.13. The minimum absolute atomic E-state index is 0.0729. The summed E-state index contributed by atoms with van der Waals surface area (Å²) in [5.74, 6) is 0.540. The van der Waals surface area contributed by atoms with Gasteiger partial charge in [0.25, 0.3) is 0 Å².